The highest BCUT2D eigenvalue weighted by atomic mass is 35.5. The average Bonchev–Trinajstić information content (AvgIpc) is 2.93. The highest BCUT2D eigenvalue weighted by Gasteiger charge is 2.27. The van der Waals surface area contributed by atoms with E-state index in [4.69, 9.17) is 0 Å². The third-order valence-electron chi connectivity index (χ3n) is 4.03. The minimum absolute atomic E-state index is 0. The van der Waals surface area contributed by atoms with Crippen molar-refractivity contribution < 1.29 is 4.79 Å². The van der Waals surface area contributed by atoms with E-state index in [9.17, 15) is 4.79 Å². The van der Waals surface area contributed by atoms with Gasteiger partial charge in [-0.15, -0.1) is 12.4 Å². The number of likely N-dealkylation sites (N-methyl/N-ethyl adjacent to an activating group) is 1. The lowest BCUT2D eigenvalue weighted by Crippen LogP contribution is -2.39. The minimum Gasteiger partial charge on any atom is -0.341 e. The lowest BCUT2D eigenvalue weighted by molar-refractivity contribution is -0.131. The van der Waals surface area contributed by atoms with Crippen molar-refractivity contribution in [3.8, 4) is 0 Å². The number of benzene rings is 1. The second-order valence-electron chi connectivity index (χ2n) is 5.52. The summed E-state index contributed by atoms with van der Waals surface area (Å²) in [7, 11) is 3.82. The summed E-state index contributed by atoms with van der Waals surface area (Å²) in [5.74, 6) is 0.242. The first kappa shape index (κ1) is 18.0. The summed E-state index contributed by atoms with van der Waals surface area (Å²) in [4.78, 5) is 16.4. The average molecular weight is 312 g/mol. The van der Waals surface area contributed by atoms with E-state index < -0.39 is 0 Å². The smallest absolute Gasteiger partial charge is 0.223 e. The monoisotopic (exact) mass is 311 g/mol. The maximum Gasteiger partial charge on any atom is 0.223 e. The largest absolute Gasteiger partial charge is 0.341 e. The van der Waals surface area contributed by atoms with Crippen LogP contribution in [0.4, 0.5) is 0 Å². The van der Waals surface area contributed by atoms with Crippen LogP contribution in [0.2, 0.25) is 0 Å². The van der Waals surface area contributed by atoms with Crippen molar-refractivity contribution in [2.75, 3.05) is 33.7 Å². The van der Waals surface area contributed by atoms with Crippen molar-refractivity contribution in [1.29, 1.82) is 0 Å². The number of hydrogen-bond acceptors (Lipinski definition) is 3. The van der Waals surface area contributed by atoms with Crippen LogP contribution in [0.25, 0.3) is 0 Å². The Kier molecular flexibility index (Phi) is 7.72. The van der Waals surface area contributed by atoms with Gasteiger partial charge >= 0.3 is 0 Å². The van der Waals surface area contributed by atoms with Crippen LogP contribution in [0.15, 0.2) is 30.3 Å². The molecule has 5 heteroatoms. The van der Waals surface area contributed by atoms with E-state index >= 15 is 0 Å². The van der Waals surface area contributed by atoms with Gasteiger partial charge in [-0.2, -0.15) is 0 Å². The number of amides is 1. The molecule has 1 heterocycles. The molecule has 1 aliphatic rings. The van der Waals surface area contributed by atoms with Crippen LogP contribution in [-0.2, 0) is 11.3 Å². The van der Waals surface area contributed by atoms with Gasteiger partial charge < -0.3 is 10.2 Å². The molecule has 1 atom stereocenters. The van der Waals surface area contributed by atoms with Gasteiger partial charge in [-0.25, -0.2) is 0 Å². The Hall–Kier alpha value is -1.10. The van der Waals surface area contributed by atoms with Crippen LogP contribution < -0.4 is 5.32 Å². The maximum absolute atomic E-state index is 12.0. The molecule has 0 aliphatic carbocycles. The lowest BCUT2D eigenvalue weighted by Gasteiger charge is -2.25. The maximum atomic E-state index is 12.0. The van der Waals surface area contributed by atoms with Gasteiger partial charge in [0.15, 0.2) is 0 Å². The van der Waals surface area contributed by atoms with Gasteiger partial charge in [-0.1, -0.05) is 30.3 Å². The number of hydrogen-bond donors (Lipinski definition) is 1. The van der Waals surface area contributed by atoms with Gasteiger partial charge in [-0.3, -0.25) is 9.69 Å². The molecule has 2 rings (SSSR count). The standard InChI is InChI=1S/C16H25N3O.ClH/c1-17-10-8-16(20)18(2)15-9-11-19(13-15)12-14-6-4-3-5-7-14;/h3-7,15,17H,8-13H2,1-2H3;1H. The second-order valence-corrected chi connectivity index (χ2v) is 5.52. The Balaban J connectivity index is 0.00000220. The molecule has 1 saturated heterocycles. The Labute approximate surface area is 133 Å². The Morgan fingerprint density at radius 3 is 2.76 bits per heavy atom. The van der Waals surface area contributed by atoms with Crippen molar-refractivity contribution in [3.63, 3.8) is 0 Å². The van der Waals surface area contributed by atoms with E-state index in [0.29, 0.717) is 12.5 Å². The fourth-order valence-corrected chi connectivity index (χ4v) is 2.73. The Morgan fingerprint density at radius 2 is 2.10 bits per heavy atom. The molecule has 1 unspecified atom stereocenters. The molecule has 0 radical (unpaired) electrons. The number of rotatable bonds is 6. The van der Waals surface area contributed by atoms with Crippen LogP contribution in [0.1, 0.15) is 18.4 Å². The number of nitrogens with zero attached hydrogens (tertiary/aromatic N) is 2. The summed E-state index contributed by atoms with van der Waals surface area (Å²) in [6.07, 6.45) is 1.66. The normalized spacial score (nSPS) is 18.3. The SMILES string of the molecule is CNCCC(=O)N(C)C1CCN(Cc2ccccc2)C1.Cl. The number of nitrogens with one attached hydrogen (secondary N) is 1. The molecular weight excluding hydrogens is 286 g/mol. The topological polar surface area (TPSA) is 35.6 Å². The third kappa shape index (κ3) is 5.30. The summed E-state index contributed by atoms with van der Waals surface area (Å²) >= 11 is 0. The predicted octanol–water partition coefficient (Wildman–Crippen LogP) is 1.75. The van der Waals surface area contributed by atoms with Gasteiger partial charge in [0.05, 0.1) is 0 Å². The summed E-state index contributed by atoms with van der Waals surface area (Å²) in [5, 5.41) is 3.03. The molecular formula is C16H26ClN3O. The van der Waals surface area contributed by atoms with Gasteiger partial charge in [0.1, 0.15) is 0 Å². The zero-order valence-electron chi connectivity index (χ0n) is 12.9. The summed E-state index contributed by atoms with van der Waals surface area (Å²) in [6.45, 7) is 3.79. The summed E-state index contributed by atoms with van der Waals surface area (Å²) < 4.78 is 0. The van der Waals surface area contributed by atoms with E-state index in [1.165, 1.54) is 5.56 Å². The molecule has 0 bridgehead atoms. The Morgan fingerprint density at radius 1 is 1.38 bits per heavy atom. The van der Waals surface area contributed by atoms with Crippen LogP contribution >= 0.6 is 12.4 Å². The second kappa shape index (κ2) is 9.03. The number of carbonyl (C=O) groups excluding carboxylic acids is 1. The summed E-state index contributed by atoms with van der Waals surface area (Å²) in [5.41, 5.74) is 1.34. The molecule has 1 amide bonds. The van der Waals surface area contributed by atoms with E-state index in [1.807, 2.05) is 25.1 Å². The number of likely N-dealkylation sites (tertiary alicyclic amines) is 1. The fourth-order valence-electron chi connectivity index (χ4n) is 2.73. The van der Waals surface area contributed by atoms with Crippen LogP contribution in [0.5, 0.6) is 0 Å². The van der Waals surface area contributed by atoms with Crippen LogP contribution in [-0.4, -0.2) is 55.5 Å². The molecule has 4 nitrogen and oxygen atoms in total. The molecule has 1 aromatic rings. The first-order valence-corrected chi connectivity index (χ1v) is 7.37. The molecule has 1 fully saturated rings. The zero-order chi connectivity index (χ0) is 14.4. The molecule has 0 spiro atoms. The molecule has 21 heavy (non-hydrogen) atoms. The van der Waals surface area contributed by atoms with Gasteiger partial charge in [0, 0.05) is 45.7 Å². The third-order valence-corrected chi connectivity index (χ3v) is 4.03. The van der Waals surface area contributed by atoms with E-state index in [0.717, 1.165) is 32.6 Å². The van der Waals surface area contributed by atoms with E-state index in [2.05, 4.69) is 34.5 Å². The van der Waals surface area contributed by atoms with E-state index in [-0.39, 0.29) is 18.3 Å². The predicted molar refractivity (Wildman–Crippen MR) is 88.7 cm³/mol. The van der Waals surface area contributed by atoms with Gasteiger partial charge in [-0.05, 0) is 19.0 Å². The Bertz CT molecular complexity index is 427. The zero-order valence-corrected chi connectivity index (χ0v) is 13.7. The highest BCUT2D eigenvalue weighted by molar-refractivity contribution is 5.85. The van der Waals surface area contributed by atoms with Crippen LogP contribution in [0, 0.1) is 0 Å². The first-order valence-electron chi connectivity index (χ1n) is 7.37. The van der Waals surface area contributed by atoms with Gasteiger partial charge in [0.25, 0.3) is 0 Å². The number of carbonyl (C=O) groups is 1. The van der Waals surface area contributed by atoms with Crippen LogP contribution in [0.3, 0.4) is 0 Å². The highest BCUT2D eigenvalue weighted by Crippen LogP contribution is 2.17. The quantitative estimate of drug-likeness (QED) is 0.869. The molecule has 1 aliphatic heterocycles. The minimum atomic E-state index is 0. The summed E-state index contributed by atoms with van der Waals surface area (Å²) in [6, 6.07) is 10.9. The van der Waals surface area contributed by atoms with Gasteiger partial charge in [0.2, 0.25) is 5.91 Å². The fraction of sp³-hybridized carbons (Fsp3) is 0.562. The lowest BCUT2D eigenvalue weighted by atomic mass is 10.2. The molecule has 1 N–H and O–H groups in total. The molecule has 118 valence electrons. The molecule has 0 aromatic heterocycles. The molecule has 0 saturated carbocycles. The van der Waals surface area contributed by atoms with Crippen molar-refractivity contribution >= 4 is 18.3 Å². The van der Waals surface area contributed by atoms with Crippen molar-refractivity contribution in [2.24, 2.45) is 0 Å². The van der Waals surface area contributed by atoms with Crippen molar-refractivity contribution in [2.45, 2.75) is 25.4 Å². The van der Waals surface area contributed by atoms with Crippen molar-refractivity contribution in [1.82, 2.24) is 15.1 Å². The first-order chi connectivity index (χ1) is 9.70. The molecule has 1 aromatic carbocycles. The van der Waals surface area contributed by atoms with E-state index in [1.54, 1.807) is 0 Å². The van der Waals surface area contributed by atoms with Crippen molar-refractivity contribution in [3.05, 3.63) is 35.9 Å². The number of halogens is 1.